The first-order chi connectivity index (χ1) is 10.7. The van der Waals surface area contributed by atoms with Crippen molar-refractivity contribution >= 4 is 11.9 Å². The molecule has 5 heteroatoms. The summed E-state index contributed by atoms with van der Waals surface area (Å²) in [7, 11) is 0. The fourth-order valence-corrected chi connectivity index (χ4v) is 2.07. The lowest BCUT2D eigenvalue weighted by Gasteiger charge is -2.18. The summed E-state index contributed by atoms with van der Waals surface area (Å²) in [6.07, 6.45) is 0. The topological polar surface area (TPSA) is 65.1 Å². The summed E-state index contributed by atoms with van der Waals surface area (Å²) in [5.74, 6) is -0.512. The van der Waals surface area contributed by atoms with E-state index in [1.54, 1.807) is 27.7 Å². The van der Waals surface area contributed by atoms with Crippen molar-refractivity contribution < 1.29 is 23.8 Å². The molecule has 1 aliphatic rings. The number of hydrogen-bond donors (Lipinski definition) is 0. The molecule has 126 valence electrons. The number of epoxide rings is 1. The second-order valence-corrected chi connectivity index (χ2v) is 6.62. The smallest absolute Gasteiger partial charge is 0.313 e. The predicted molar refractivity (Wildman–Crippen MR) is 85.1 cm³/mol. The average Bonchev–Trinajstić information content (AvgIpc) is 3.25. The lowest BCUT2D eigenvalue weighted by Crippen LogP contribution is -2.24. The van der Waals surface area contributed by atoms with Gasteiger partial charge in [0.05, 0.1) is 18.4 Å². The first-order valence-electron chi connectivity index (χ1n) is 7.88. The summed E-state index contributed by atoms with van der Waals surface area (Å²) in [4.78, 5) is 23.6. The number of hydrogen-bond acceptors (Lipinski definition) is 5. The van der Waals surface area contributed by atoms with E-state index in [0.29, 0.717) is 12.4 Å². The quantitative estimate of drug-likeness (QED) is 0.458. The molecule has 0 aromatic heterocycles. The first-order valence-corrected chi connectivity index (χ1v) is 7.88. The van der Waals surface area contributed by atoms with Gasteiger partial charge in [-0.05, 0) is 18.6 Å². The maximum atomic E-state index is 11.9. The van der Waals surface area contributed by atoms with Gasteiger partial charge in [-0.25, -0.2) is 0 Å². The normalized spacial score (nSPS) is 19.8. The van der Waals surface area contributed by atoms with Crippen molar-refractivity contribution in [3.63, 3.8) is 0 Å². The minimum atomic E-state index is -0.704. The Kier molecular flexibility index (Phi) is 5.09. The van der Waals surface area contributed by atoms with Crippen LogP contribution in [0.2, 0.25) is 0 Å². The van der Waals surface area contributed by atoms with Crippen LogP contribution < -0.4 is 4.74 Å². The van der Waals surface area contributed by atoms with E-state index in [1.165, 1.54) is 0 Å². The third-order valence-corrected chi connectivity index (χ3v) is 3.72. The Balaban J connectivity index is 2.21. The second kappa shape index (κ2) is 6.71. The highest BCUT2D eigenvalue weighted by Gasteiger charge is 2.50. The second-order valence-electron chi connectivity index (χ2n) is 6.62. The Morgan fingerprint density at radius 1 is 1.17 bits per heavy atom. The van der Waals surface area contributed by atoms with Crippen molar-refractivity contribution in [2.75, 3.05) is 13.2 Å². The number of esters is 2. The molecular weight excluding hydrogens is 296 g/mol. The highest BCUT2D eigenvalue weighted by Crippen LogP contribution is 2.44. The van der Waals surface area contributed by atoms with Crippen LogP contribution in [0.15, 0.2) is 18.2 Å². The molecule has 5 nitrogen and oxygen atoms in total. The highest BCUT2D eigenvalue weighted by atomic mass is 16.6. The van der Waals surface area contributed by atoms with Crippen LogP contribution in [0.5, 0.6) is 5.75 Å². The summed E-state index contributed by atoms with van der Waals surface area (Å²) in [6, 6.07) is 5.60. The summed E-state index contributed by atoms with van der Waals surface area (Å²) in [5.41, 5.74) is 1.02. The van der Waals surface area contributed by atoms with Crippen molar-refractivity contribution in [2.24, 2.45) is 11.8 Å². The van der Waals surface area contributed by atoms with Gasteiger partial charge in [0.15, 0.2) is 5.60 Å². The fraction of sp³-hybridized carbons (Fsp3) is 0.556. The average molecular weight is 320 g/mol. The Hall–Kier alpha value is -1.88. The van der Waals surface area contributed by atoms with Gasteiger partial charge in [0, 0.05) is 5.56 Å². The molecule has 2 rings (SSSR count). The van der Waals surface area contributed by atoms with Gasteiger partial charge in [0.2, 0.25) is 0 Å². The minimum absolute atomic E-state index is 0.124. The van der Waals surface area contributed by atoms with Crippen LogP contribution in [0, 0.1) is 18.8 Å². The maximum Gasteiger partial charge on any atom is 0.313 e. The van der Waals surface area contributed by atoms with E-state index in [1.807, 2.05) is 25.1 Å². The Labute approximate surface area is 136 Å². The van der Waals surface area contributed by atoms with Gasteiger partial charge in [-0.1, -0.05) is 39.8 Å². The first kappa shape index (κ1) is 17.5. The molecule has 1 saturated heterocycles. The molecule has 0 spiro atoms. The van der Waals surface area contributed by atoms with E-state index >= 15 is 0 Å². The predicted octanol–water partition coefficient (Wildman–Crippen LogP) is 2.98. The van der Waals surface area contributed by atoms with E-state index in [0.717, 1.165) is 11.1 Å². The Bertz CT molecular complexity index is 599. The van der Waals surface area contributed by atoms with E-state index < -0.39 is 5.60 Å². The van der Waals surface area contributed by atoms with Crippen LogP contribution in [0.3, 0.4) is 0 Å². The summed E-state index contributed by atoms with van der Waals surface area (Å²) >= 11 is 0. The molecule has 0 N–H and O–H groups in total. The molecule has 1 aliphatic heterocycles. The van der Waals surface area contributed by atoms with Crippen molar-refractivity contribution in [2.45, 2.75) is 40.2 Å². The molecule has 0 bridgehead atoms. The van der Waals surface area contributed by atoms with Crippen molar-refractivity contribution in [1.29, 1.82) is 0 Å². The number of benzene rings is 1. The SMILES string of the molecule is Cc1ccc([C@@]2(COC(=O)C(C)C)CO2)c(OC(=O)C(C)C)c1. The van der Waals surface area contributed by atoms with Gasteiger partial charge in [0.25, 0.3) is 0 Å². The molecule has 0 aliphatic carbocycles. The summed E-state index contributed by atoms with van der Waals surface area (Å²) in [6.45, 7) is 9.62. The number of rotatable bonds is 6. The van der Waals surface area contributed by atoms with Crippen LogP contribution in [0.1, 0.15) is 38.8 Å². The maximum absolute atomic E-state index is 11.9. The molecule has 23 heavy (non-hydrogen) atoms. The molecule has 0 amide bonds. The van der Waals surface area contributed by atoms with Crippen LogP contribution in [-0.4, -0.2) is 25.2 Å². The van der Waals surface area contributed by atoms with Gasteiger partial charge in [-0.15, -0.1) is 0 Å². The van der Waals surface area contributed by atoms with Crippen molar-refractivity contribution in [1.82, 2.24) is 0 Å². The molecule has 0 unspecified atom stereocenters. The number of ether oxygens (including phenoxy) is 3. The van der Waals surface area contributed by atoms with Crippen LogP contribution in [0.4, 0.5) is 0 Å². The van der Waals surface area contributed by atoms with Crippen molar-refractivity contribution in [3.8, 4) is 5.75 Å². The molecule has 1 aromatic rings. The van der Waals surface area contributed by atoms with E-state index in [9.17, 15) is 9.59 Å². The molecule has 0 radical (unpaired) electrons. The van der Waals surface area contributed by atoms with Crippen LogP contribution in [-0.2, 0) is 24.7 Å². The third kappa shape index (κ3) is 4.10. The zero-order valence-corrected chi connectivity index (χ0v) is 14.3. The van der Waals surface area contributed by atoms with E-state index in [-0.39, 0.29) is 30.4 Å². The van der Waals surface area contributed by atoms with Gasteiger partial charge < -0.3 is 14.2 Å². The number of carbonyl (C=O) groups excluding carboxylic acids is 2. The minimum Gasteiger partial charge on any atom is -0.462 e. The molecular formula is C18H24O5. The summed E-state index contributed by atoms with van der Waals surface area (Å²) in [5, 5.41) is 0. The fourth-order valence-electron chi connectivity index (χ4n) is 2.07. The van der Waals surface area contributed by atoms with Crippen LogP contribution in [0.25, 0.3) is 0 Å². The molecule has 1 fully saturated rings. The highest BCUT2D eigenvalue weighted by molar-refractivity contribution is 5.75. The van der Waals surface area contributed by atoms with Gasteiger partial charge >= 0.3 is 11.9 Å². The Morgan fingerprint density at radius 3 is 2.30 bits per heavy atom. The summed E-state index contributed by atoms with van der Waals surface area (Å²) < 4.78 is 16.4. The van der Waals surface area contributed by atoms with E-state index in [4.69, 9.17) is 14.2 Å². The van der Waals surface area contributed by atoms with E-state index in [2.05, 4.69) is 0 Å². The monoisotopic (exact) mass is 320 g/mol. The zero-order chi connectivity index (χ0) is 17.2. The van der Waals surface area contributed by atoms with Gasteiger partial charge in [0.1, 0.15) is 12.4 Å². The molecule has 0 saturated carbocycles. The standard InChI is InChI=1S/C18H24O5/c1-11(2)16(19)21-9-18(10-22-18)14-7-6-13(5)8-15(14)23-17(20)12(3)4/h6-8,11-12H,9-10H2,1-5H3/t18-/m1/s1. The molecule has 1 aromatic carbocycles. The number of aryl methyl sites for hydroxylation is 1. The molecule has 1 heterocycles. The van der Waals surface area contributed by atoms with Crippen molar-refractivity contribution in [3.05, 3.63) is 29.3 Å². The zero-order valence-electron chi connectivity index (χ0n) is 14.3. The molecule has 1 atom stereocenters. The third-order valence-electron chi connectivity index (χ3n) is 3.72. The largest absolute Gasteiger partial charge is 0.462 e. The lowest BCUT2D eigenvalue weighted by molar-refractivity contribution is -0.149. The van der Waals surface area contributed by atoms with Gasteiger partial charge in [-0.3, -0.25) is 9.59 Å². The lowest BCUT2D eigenvalue weighted by atomic mass is 9.98. The van der Waals surface area contributed by atoms with Gasteiger partial charge in [-0.2, -0.15) is 0 Å². The Morgan fingerprint density at radius 2 is 1.78 bits per heavy atom. The van der Waals surface area contributed by atoms with Crippen LogP contribution >= 0.6 is 0 Å². The number of carbonyl (C=O) groups is 2.